The highest BCUT2D eigenvalue weighted by Gasteiger charge is 2.41. The predicted molar refractivity (Wildman–Crippen MR) is 124 cm³/mol. The fourth-order valence-corrected chi connectivity index (χ4v) is 3.89. The number of nitrogens with zero attached hydrogens (tertiary/aromatic N) is 1. The van der Waals surface area contributed by atoms with Crippen LogP contribution >= 0.6 is 0 Å². The number of carbonyl (C=O) groups excluding carboxylic acids is 2. The number of ether oxygens (including phenoxy) is 3. The first-order valence-corrected chi connectivity index (χ1v) is 10.7. The van der Waals surface area contributed by atoms with Crippen LogP contribution in [0.5, 0.6) is 17.2 Å². The summed E-state index contributed by atoms with van der Waals surface area (Å²) >= 11 is 0. The van der Waals surface area contributed by atoms with Crippen LogP contribution in [0.15, 0.2) is 72.4 Å². The Morgan fingerprint density at radius 1 is 0.939 bits per heavy atom. The maximum Gasteiger partial charge on any atom is 0.282 e. The number of hydrogen-bond acceptors (Lipinski definition) is 6. The van der Waals surface area contributed by atoms with Crippen molar-refractivity contribution in [2.24, 2.45) is 0 Å². The van der Waals surface area contributed by atoms with Crippen LogP contribution in [-0.2, 0) is 9.59 Å². The first-order valence-electron chi connectivity index (χ1n) is 10.7. The molecule has 7 heteroatoms. The molecule has 0 unspecified atom stereocenters. The normalized spacial score (nSPS) is 14.8. The van der Waals surface area contributed by atoms with E-state index >= 15 is 0 Å². The number of carbonyl (C=O) groups is 2. The molecule has 0 aromatic heterocycles. The number of benzene rings is 3. The average molecular weight is 442 g/mol. The minimum atomic E-state index is -0.458. The lowest BCUT2D eigenvalue weighted by molar-refractivity contribution is -0.120. The molecule has 0 fully saturated rings. The van der Waals surface area contributed by atoms with Crippen molar-refractivity contribution in [1.29, 1.82) is 0 Å². The molecule has 33 heavy (non-hydrogen) atoms. The molecule has 166 valence electrons. The molecular weight excluding hydrogens is 420 g/mol. The Hall–Kier alpha value is -4.26. The van der Waals surface area contributed by atoms with Gasteiger partial charge < -0.3 is 19.5 Å². The van der Waals surface area contributed by atoms with Gasteiger partial charge >= 0.3 is 0 Å². The van der Waals surface area contributed by atoms with Crippen LogP contribution in [0.4, 0.5) is 11.4 Å². The second-order valence-electron chi connectivity index (χ2n) is 7.66. The number of nitrogens with one attached hydrogen (secondary N) is 1. The quantitative estimate of drug-likeness (QED) is 0.566. The molecular formula is C26H22N2O5. The van der Waals surface area contributed by atoms with E-state index in [9.17, 15) is 9.59 Å². The lowest BCUT2D eigenvalue weighted by Crippen LogP contribution is -2.32. The fourth-order valence-electron chi connectivity index (χ4n) is 3.89. The molecule has 0 radical (unpaired) electrons. The molecule has 2 heterocycles. The molecule has 0 saturated heterocycles. The summed E-state index contributed by atoms with van der Waals surface area (Å²) in [5, 5.41) is 3.16. The highest BCUT2D eigenvalue weighted by atomic mass is 16.7. The van der Waals surface area contributed by atoms with Crippen LogP contribution < -0.4 is 24.4 Å². The van der Waals surface area contributed by atoms with E-state index in [4.69, 9.17) is 14.2 Å². The number of para-hydroxylation sites is 2. The molecule has 1 N–H and O–H groups in total. The standard InChI is InChI=1S/C26H22N2O5/c1-3-31-20-7-5-4-6-19(20)28-25(29)23(17-10-8-16(2)9-11-17)24(26(28)30)27-18-12-13-21-22(14-18)33-15-32-21/h4-14,27H,3,15H2,1-2H3. The van der Waals surface area contributed by atoms with E-state index in [0.29, 0.717) is 46.4 Å². The van der Waals surface area contributed by atoms with Gasteiger partial charge in [-0.3, -0.25) is 9.59 Å². The summed E-state index contributed by atoms with van der Waals surface area (Å²) in [4.78, 5) is 28.5. The summed E-state index contributed by atoms with van der Waals surface area (Å²) < 4.78 is 16.5. The number of amides is 2. The van der Waals surface area contributed by atoms with Crippen LogP contribution in [0.2, 0.25) is 0 Å². The van der Waals surface area contributed by atoms with Gasteiger partial charge in [-0.05, 0) is 43.7 Å². The summed E-state index contributed by atoms with van der Waals surface area (Å²) in [6, 6.07) is 19.8. The van der Waals surface area contributed by atoms with E-state index in [0.717, 1.165) is 10.5 Å². The Balaban J connectivity index is 1.60. The van der Waals surface area contributed by atoms with Crippen molar-refractivity contribution in [3.05, 3.63) is 83.6 Å². The molecule has 0 spiro atoms. The Kier molecular flexibility index (Phi) is 5.22. The van der Waals surface area contributed by atoms with Gasteiger partial charge in [0.1, 0.15) is 11.4 Å². The number of hydrogen-bond donors (Lipinski definition) is 1. The second-order valence-corrected chi connectivity index (χ2v) is 7.66. The van der Waals surface area contributed by atoms with Gasteiger partial charge in [-0.2, -0.15) is 0 Å². The number of rotatable bonds is 6. The summed E-state index contributed by atoms with van der Waals surface area (Å²) in [5.41, 5.74) is 3.21. The van der Waals surface area contributed by atoms with Gasteiger partial charge in [-0.15, -0.1) is 0 Å². The molecule has 3 aromatic rings. The predicted octanol–water partition coefficient (Wildman–Crippen LogP) is 4.52. The number of aryl methyl sites for hydroxylation is 1. The van der Waals surface area contributed by atoms with Crippen molar-refractivity contribution in [2.75, 3.05) is 23.6 Å². The molecule has 5 rings (SSSR count). The molecule has 2 amide bonds. The first-order chi connectivity index (χ1) is 16.1. The zero-order chi connectivity index (χ0) is 22.9. The van der Waals surface area contributed by atoms with E-state index in [1.807, 2.05) is 38.1 Å². The Bertz CT molecular complexity index is 1280. The Morgan fingerprint density at radius 2 is 1.70 bits per heavy atom. The van der Waals surface area contributed by atoms with E-state index in [1.54, 1.807) is 42.5 Å². The third-order valence-corrected chi connectivity index (χ3v) is 5.47. The smallest absolute Gasteiger partial charge is 0.282 e. The van der Waals surface area contributed by atoms with Gasteiger partial charge in [0.05, 0.1) is 17.9 Å². The van der Waals surface area contributed by atoms with E-state index in [1.165, 1.54) is 0 Å². The van der Waals surface area contributed by atoms with Crippen molar-refractivity contribution in [3.63, 3.8) is 0 Å². The lowest BCUT2D eigenvalue weighted by atomic mass is 10.0. The highest BCUT2D eigenvalue weighted by Crippen LogP contribution is 2.39. The SMILES string of the molecule is CCOc1ccccc1N1C(=O)C(Nc2ccc3c(c2)OCO3)=C(c2ccc(C)cc2)C1=O. The van der Waals surface area contributed by atoms with Gasteiger partial charge in [-0.25, -0.2) is 4.90 Å². The third kappa shape index (κ3) is 3.67. The third-order valence-electron chi connectivity index (χ3n) is 5.47. The summed E-state index contributed by atoms with van der Waals surface area (Å²) in [7, 11) is 0. The molecule has 0 atom stereocenters. The van der Waals surface area contributed by atoms with Crippen molar-refractivity contribution < 1.29 is 23.8 Å². The van der Waals surface area contributed by atoms with Crippen LogP contribution in [0.1, 0.15) is 18.1 Å². The van der Waals surface area contributed by atoms with Gasteiger partial charge in [0.2, 0.25) is 6.79 Å². The minimum Gasteiger partial charge on any atom is -0.492 e. The topological polar surface area (TPSA) is 77.1 Å². The van der Waals surface area contributed by atoms with Crippen molar-refractivity contribution in [3.8, 4) is 17.2 Å². The Labute approximate surface area is 191 Å². The molecule has 2 aliphatic heterocycles. The fraction of sp³-hybridized carbons (Fsp3) is 0.154. The van der Waals surface area contributed by atoms with Gasteiger partial charge in [0.15, 0.2) is 11.5 Å². The molecule has 7 nitrogen and oxygen atoms in total. The maximum absolute atomic E-state index is 13.7. The zero-order valence-electron chi connectivity index (χ0n) is 18.3. The van der Waals surface area contributed by atoms with Crippen LogP contribution in [0, 0.1) is 6.92 Å². The maximum atomic E-state index is 13.7. The molecule has 2 aliphatic rings. The number of imide groups is 1. The molecule has 0 aliphatic carbocycles. The first kappa shape index (κ1) is 20.6. The zero-order valence-corrected chi connectivity index (χ0v) is 18.3. The van der Waals surface area contributed by atoms with Crippen LogP contribution in [0.25, 0.3) is 5.57 Å². The largest absolute Gasteiger partial charge is 0.492 e. The Morgan fingerprint density at radius 3 is 2.48 bits per heavy atom. The van der Waals surface area contributed by atoms with Gasteiger partial charge in [0.25, 0.3) is 11.8 Å². The number of anilines is 2. The van der Waals surface area contributed by atoms with Crippen molar-refractivity contribution in [1.82, 2.24) is 0 Å². The minimum absolute atomic E-state index is 0.148. The van der Waals surface area contributed by atoms with E-state index in [-0.39, 0.29) is 12.5 Å². The van der Waals surface area contributed by atoms with Crippen LogP contribution in [0.3, 0.4) is 0 Å². The molecule has 0 saturated carbocycles. The summed E-state index contributed by atoms with van der Waals surface area (Å²) in [6.45, 7) is 4.38. The molecule has 3 aromatic carbocycles. The van der Waals surface area contributed by atoms with E-state index in [2.05, 4.69) is 5.32 Å². The number of fused-ring (bicyclic) bond motifs is 1. The summed E-state index contributed by atoms with van der Waals surface area (Å²) in [5.74, 6) is 0.802. The monoisotopic (exact) mass is 442 g/mol. The lowest BCUT2D eigenvalue weighted by Gasteiger charge is -2.19. The van der Waals surface area contributed by atoms with Gasteiger partial charge in [-0.1, -0.05) is 42.0 Å². The van der Waals surface area contributed by atoms with Gasteiger partial charge in [0, 0.05) is 11.8 Å². The second kappa shape index (κ2) is 8.35. The summed E-state index contributed by atoms with van der Waals surface area (Å²) in [6.07, 6.45) is 0. The van der Waals surface area contributed by atoms with E-state index < -0.39 is 11.8 Å². The highest BCUT2D eigenvalue weighted by molar-refractivity contribution is 6.46. The van der Waals surface area contributed by atoms with Crippen molar-refractivity contribution in [2.45, 2.75) is 13.8 Å². The average Bonchev–Trinajstić information content (AvgIpc) is 3.37. The van der Waals surface area contributed by atoms with Crippen molar-refractivity contribution >= 4 is 28.8 Å². The molecule has 0 bridgehead atoms. The van der Waals surface area contributed by atoms with Crippen LogP contribution in [-0.4, -0.2) is 25.2 Å².